The number of nitrogens with zero attached hydrogens (tertiary/aromatic N) is 2. The Labute approximate surface area is 98.2 Å². The standard InChI is InChI=1S/C13H23N3/c1-4-14-13(11-7-5-6-10(11)2)12-8-9-15-16(12)3/h8-11,13-14H,4-7H2,1-3H3. The molecule has 3 nitrogen and oxygen atoms in total. The first-order valence-electron chi connectivity index (χ1n) is 6.45. The molecular weight excluding hydrogens is 198 g/mol. The summed E-state index contributed by atoms with van der Waals surface area (Å²) in [6, 6.07) is 2.63. The summed E-state index contributed by atoms with van der Waals surface area (Å²) in [6.45, 7) is 5.60. The zero-order valence-corrected chi connectivity index (χ0v) is 10.6. The third kappa shape index (κ3) is 2.14. The lowest BCUT2D eigenvalue weighted by molar-refractivity contribution is 0.294. The second kappa shape index (κ2) is 5.00. The molecule has 1 aromatic rings. The van der Waals surface area contributed by atoms with E-state index in [4.69, 9.17) is 0 Å². The van der Waals surface area contributed by atoms with Gasteiger partial charge in [0.25, 0.3) is 0 Å². The Kier molecular flexibility index (Phi) is 3.64. The van der Waals surface area contributed by atoms with Gasteiger partial charge in [-0.05, 0) is 30.9 Å². The fraction of sp³-hybridized carbons (Fsp3) is 0.769. The van der Waals surface area contributed by atoms with E-state index in [1.807, 2.05) is 17.9 Å². The molecule has 0 aliphatic heterocycles. The summed E-state index contributed by atoms with van der Waals surface area (Å²) < 4.78 is 2.01. The van der Waals surface area contributed by atoms with Gasteiger partial charge < -0.3 is 5.32 Å². The van der Waals surface area contributed by atoms with Crippen molar-refractivity contribution in [3.8, 4) is 0 Å². The van der Waals surface area contributed by atoms with Crippen LogP contribution in [0.3, 0.4) is 0 Å². The van der Waals surface area contributed by atoms with Crippen molar-refractivity contribution in [2.24, 2.45) is 18.9 Å². The van der Waals surface area contributed by atoms with E-state index in [0.717, 1.165) is 18.4 Å². The fourth-order valence-electron chi connectivity index (χ4n) is 3.05. The molecule has 1 aliphatic carbocycles. The maximum Gasteiger partial charge on any atom is 0.0553 e. The van der Waals surface area contributed by atoms with E-state index >= 15 is 0 Å². The smallest absolute Gasteiger partial charge is 0.0553 e. The molecule has 0 aromatic carbocycles. The highest BCUT2D eigenvalue weighted by atomic mass is 15.3. The van der Waals surface area contributed by atoms with Crippen LogP contribution in [0.5, 0.6) is 0 Å². The van der Waals surface area contributed by atoms with Crippen LogP contribution >= 0.6 is 0 Å². The zero-order valence-electron chi connectivity index (χ0n) is 10.6. The molecule has 0 amide bonds. The Morgan fingerprint density at radius 3 is 2.88 bits per heavy atom. The average molecular weight is 221 g/mol. The molecule has 0 spiro atoms. The van der Waals surface area contributed by atoms with Crippen molar-refractivity contribution >= 4 is 0 Å². The van der Waals surface area contributed by atoms with Crippen molar-refractivity contribution in [1.82, 2.24) is 15.1 Å². The molecule has 1 heterocycles. The maximum absolute atomic E-state index is 4.29. The van der Waals surface area contributed by atoms with E-state index in [-0.39, 0.29) is 0 Å². The van der Waals surface area contributed by atoms with Crippen molar-refractivity contribution < 1.29 is 0 Å². The molecule has 1 fully saturated rings. The minimum absolute atomic E-state index is 0.481. The third-order valence-electron chi connectivity index (χ3n) is 3.96. The Morgan fingerprint density at radius 2 is 2.38 bits per heavy atom. The minimum atomic E-state index is 0.481. The van der Waals surface area contributed by atoms with Gasteiger partial charge in [-0.15, -0.1) is 0 Å². The van der Waals surface area contributed by atoms with Crippen LogP contribution in [0.15, 0.2) is 12.3 Å². The molecule has 1 saturated carbocycles. The van der Waals surface area contributed by atoms with Crippen LogP contribution in [0, 0.1) is 11.8 Å². The highest BCUT2D eigenvalue weighted by molar-refractivity contribution is 5.09. The van der Waals surface area contributed by atoms with Gasteiger partial charge in [0.15, 0.2) is 0 Å². The molecule has 3 atom stereocenters. The van der Waals surface area contributed by atoms with E-state index < -0.39 is 0 Å². The molecule has 1 N–H and O–H groups in total. The summed E-state index contributed by atoms with van der Waals surface area (Å²) in [5, 5.41) is 7.93. The first-order valence-corrected chi connectivity index (χ1v) is 6.45. The van der Waals surface area contributed by atoms with Crippen LogP contribution in [-0.2, 0) is 7.05 Å². The lowest BCUT2D eigenvalue weighted by Crippen LogP contribution is -2.31. The number of hydrogen-bond donors (Lipinski definition) is 1. The average Bonchev–Trinajstić information content (AvgIpc) is 2.84. The second-order valence-electron chi connectivity index (χ2n) is 4.99. The van der Waals surface area contributed by atoms with Crippen LogP contribution in [0.1, 0.15) is 44.8 Å². The van der Waals surface area contributed by atoms with Gasteiger partial charge in [-0.3, -0.25) is 4.68 Å². The Hall–Kier alpha value is -0.830. The van der Waals surface area contributed by atoms with E-state index in [9.17, 15) is 0 Å². The normalized spacial score (nSPS) is 27.2. The van der Waals surface area contributed by atoms with Gasteiger partial charge >= 0.3 is 0 Å². The summed E-state index contributed by atoms with van der Waals surface area (Å²) >= 11 is 0. The molecular formula is C13H23N3. The molecule has 1 aliphatic rings. The van der Waals surface area contributed by atoms with Gasteiger partial charge in [-0.2, -0.15) is 5.10 Å². The maximum atomic E-state index is 4.29. The predicted molar refractivity (Wildman–Crippen MR) is 66.1 cm³/mol. The van der Waals surface area contributed by atoms with Crippen LogP contribution in [0.2, 0.25) is 0 Å². The zero-order chi connectivity index (χ0) is 11.5. The van der Waals surface area contributed by atoms with Gasteiger partial charge in [0, 0.05) is 13.2 Å². The number of rotatable bonds is 4. The van der Waals surface area contributed by atoms with Crippen molar-refractivity contribution in [3.05, 3.63) is 18.0 Å². The van der Waals surface area contributed by atoms with Crippen LogP contribution < -0.4 is 5.32 Å². The Morgan fingerprint density at radius 1 is 1.56 bits per heavy atom. The summed E-state index contributed by atoms with van der Waals surface area (Å²) in [7, 11) is 2.04. The summed E-state index contributed by atoms with van der Waals surface area (Å²) in [5.74, 6) is 1.61. The first kappa shape index (κ1) is 11.6. The van der Waals surface area contributed by atoms with E-state index in [1.165, 1.54) is 25.0 Å². The van der Waals surface area contributed by atoms with Gasteiger partial charge in [0.1, 0.15) is 0 Å². The predicted octanol–water partition coefficient (Wildman–Crippen LogP) is 2.51. The summed E-state index contributed by atoms with van der Waals surface area (Å²) in [4.78, 5) is 0. The van der Waals surface area contributed by atoms with Crippen molar-refractivity contribution in [2.45, 2.75) is 39.2 Å². The number of aryl methyl sites for hydroxylation is 1. The highest BCUT2D eigenvalue weighted by Gasteiger charge is 2.32. The van der Waals surface area contributed by atoms with E-state index in [0.29, 0.717) is 6.04 Å². The van der Waals surface area contributed by atoms with Crippen LogP contribution in [0.4, 0.5) is 0 Å². The SMILES string of the molecule is CCNC(c1ccnn1C)C1CCCC1C. The van der Waals surface area contributed by atoms with Gasteiger partial charge in [0.05, 0.1) is 11.7 Å². The molecule has 2 rings (SSSR count). The largest absolute Gasteiger partial charge is 0.309 e. The molecule has 0 saturated heterocycles. The molecule has 3 unspecified atom stereocenters. The van der Waals surface area contributed by atoms with Gasteiger partial charge in [-0.25, -0.2) is 0 Å². The quantitative estimate of drug-likeness (QED) is 0.846. The first-order chi connectivity index (χ1) is 7.74. The highest BCUT2D eigenvalue weighted by Crippen LogP contribution is 2.39. The molecule has 0 radical (unpaired) electrons. The van der Waals surface area contributed by atoms with E-state index in [1.54, 1.807) is 0 Å². The van der Waals surface area contributed by atoms with Crippen LogP contribution in [-0.4, -0.2) is 16.3 Å². The molecule has 0 bridgehead atoms. The van der Waals surface area contributed by atoms with Gasteiger partial charge in [-0.1, -0.05) is 26.7 Å². The summed E-state index contributed by atoms with van der Waals surface area (Å²) in [5.41, 5.74) is 1.33. The fourth-order valence-corrected chi connectivity index (χ4v) is 3.05. The Bertz CT molecular complexity index is 332. The van der Waals surface area contributed by atoms with E-state index in [2.05, 4.69) is 30.3 Å². The lowest BCUT2D eigenvalue weighted by Gasteiger charge is -2.27. The monoisotopic (exact) mass is 221 g/mol. The molecule has 3 heteroatoms. The second-order valence-corrected chi connectivity index (χ2v) is 4.99. The van der Waals surface area contributed by atoms with Crippen molar-refractivity contribution in [1.29, 1.82) is 0 Å². The lowest BCUT2D eigenvalue weighted by atomic mass is 9.88. The van der Waals surface area contributed by atoms with Crippen molar-refractivity contribution in [2.75, 3.05) is 6.54 Å². The molecule has 16 heavy (non-hydrogen) atoms. The topological polar surface area (TPSA) is 29.9 Å². The van der Waals surface area contributed by atoms with Crippen molar-refractivity contribution in [3.63, 3.8) is 0 Å². The minimum Gasteiger partial charge on any atom is -0.309 e. The number of hydrogen-bond acceptors (Lipinski definition) is 2. The summed E-state index contributed by atoms with van der Waals surface area (Å²) in [6.07, 6.45) is 6.01. The Balaban J connectivity index is 2.20. The third-order valence-corrected chi connectivity index (χ3v) is 3.96. The molecule has 1 aromatic heterocycles. The van der Waals surface area contributed by atoms with Crippen LogP contribution in [0.25, 0.3) is 0 Å². The number of nitrogens with one attached hydrogen (secondary N) is 1. The van der Waals surface area contributed by atoms with Gasteiger partial charge in [0.2, 0.25) is 0 Å². The molecule has 90 valence electrons. The number of aromatic nitrogens is 2.